The van der Waals surface area contributed by atoms with E-state index in [-0.39, 0.29) is 5.91 Å². The number of hydrogen-bond donors (Lipinski definition) is 1. The minimum atomic E-state index is -0.0325. The molecule has 0 atom stereocenters. The summed E-state index contributed by atoms with van der Waals surface area (Å²) in [5, 5.41) is 3.04. The van der Waals surface area contributed by atoms with Gasteiger partial charge in [0.25, 0.3) is 5.91 Å². The minimum Gasteiger partial charge on any atom is -0.441 e. The summed E-state index contributed by atoms with van der Waals surface area (Å²) in [6.07, 6.45) is 9.27. The molecule has 2 heterocycles. The third kappa shape index (κ3) is 4.87. The van der Waals surface area contributed by atoms with Crippen molar-refractivity contribution in [2.24, 2.45) is 0 Å². The van der Waals surface area contributed by atoms with Crippen molar-refractivity contribution in [1.29, 1.82) is 0 Å². The van der Waals surface area contributed by atoms with Gasteiger partial charge in [0.1, 0.15) is 11.5 Å². The average Bonchev–Trinajstić information content (AvgIpc) is 3.43. The molecular formula is C28H31N3O2. The van der Waals surface area contributed by atoms with Crippen molar-refractivity contribution in [2.75, 3.05) is 18.0 Å². The monoisotopic (exact) mass is 441 g/mol. The highest BCUT2D eigenvalue weighted by Gasteiger charge is 2.21. The largest absolute Gasteiger partial charge is 0.441 e. The molecule has 5 nitrogen and oxygen atoms in total. The van der Waals surface area contributed by atoms with Crippen LogP contribution >= 0.6 is 0 Å². The van der Waals surface area contributed by atoms with Gasteiger partial charge in [-0.05, 0) is 81.3 Å². The van der Waals surface area contributed by atoms with E-state index in [0.29, 0.717) is 18.0 Å². The number of oxazole rings is 1. The van der Waals surface area contributed by atoms with Crippen LogP contribution < -0.4 is 10.2 Å². The van der Waals surface area contributed by atoms with Gasteiger partial charge in [-0.25, -0.2) is 4.98 Å². The number of anilines is 1. The maximum absolute atomic E-state index is 12.5. The average molecular weight is 442 g/mol. The van der Waals surface area contributed by atoms with E-state index in [1.54, 1.807) is 0 Å². The van der Waals surface area contributed by atoms with Crippen molar-refractivity contribution in [3.63, 3.8) is 0 Å². The van der Waals surface area contributed by atoms with E-state index in [9.17, 15) is 4.79 Å². The third-order valence-corrected chi connectivity index (χ3v) is 6.73. The Bertz CT molecular complexity index is 1160. The quantitative estimate of drug-likeness (QED) is 0.469. The van der Waals surface area contributed by atoms with Gasteiger partial charge in [0, 0.05) is 29.9 Å². The maximum atomic E-state index is 12.5. The first-order valence-electron chi connectivity index (χ1n) is 12.0. The normalized spacial score (nSPS) is 15.3. The summed E-state index contributed by atoms with van der Waals surface area (Å²) < 4.78 is 5.99. The Morgan fingerprint density at radius 1 is 1.09 bits per heavy atom. The number of nitrogens with zero attached hydrogens (tertiary/aromatic N) is 2. The second kappa shape index (κ2) is 9.65. The predicted octanol–water partition coefficient (Wildman–Crippen LogP) is 5.83. The lowest BCUT2D eigenvalue weighted by atomic mass is 9.97. The zero-order valence-electron chi connectivity index (χ0n) is 19.3. The number of amides is 1. The highest BCUT2D eigenvalue weighted by molar-refractivity contribution is 5.94. The number of aromatic nitrogens is 1. The summed E-state index contributed by atoms with van der Waals surface area (Å²) in [5.74, 6) is 1.41. The van der Waals surface area contributed by atoms with Crippen molar-refractivity contribution in [3.05, 3.63) is 82.8 Å². The fourth-order valence-corrected chi connectivity index (χ4v) is 4.78. The van der Waals surface area contributed by atoms with Gasteiger partial charge in [0.2, 0.25) is 5.89 Å². The molecule has 1 aliphatic carbocycles. The first-order valence-corrected chi connectivity index (χ1v) is 12.0. The second-order valence-electron chi connectivity index (χ2n) is 9.01. The van der Waals surface area contributed by atoms with E-state index >= 15 is 0 Å². The number of para-hydroxylation sites is 1. The Balaban J connectivity index is 1.21. The number of benzene rings is 2. The summed E-state index contributed by atoms with van der Waals surface area (Å²) in [6, 6.07) is 16.1. The number of carbonyl (C=O) groups is 1. The van der Waals surface area contributed by atoms with Crippen LogP contribution in [0, 0.1) is 6.92 Å². The lowest BCUT2D eigenvalue weighted by Gasteiger charge is -2.17. The number of rotatable bonds is 7. The van der Waals surface area contributed by atoms with E-state index in [1.165, 1.54) is 42.5 Å². The third-order valence-electron chi connectivity index (χ3n) is 6.73. The molecule has 0 spiro atoms. The Labute approximate surface area is 195 Å². The Morgan fingerprint density at radius 2 is 1.94 bits per heavy atom. The standard InChI is InChI=1S/C28H31N3O2/c1-20-25(19-31-18-16-22-9-5-6-10-26(22)31)30-28(33-20)24-13-11-23(12-14-24)27(32)29-17-15-21-7-3-2-4-8-21/h5-7,9-14H,2-4,8,15-19H2,1H3,(H,29,32). The molecule has 1 aliphatic heterocycles. The van der Waals surface area contributed by atoms with Crippen molar-refractivity contribution < 1.29 is 9.21 Å². The Morgan fingerprint density at radius 3 is 2.76 bits per heavy atom. The van der Waals surface area contributed by atoms with Crippen LogP contribution in [0.4, 0.5) is 5.69 Å². The summed E-state index contributed by atoms with van der Waals surface area (Å²) in [4.78, 5) is 19.7. The van der Waals surface area contributed by atoms with Gasteiger partial charge < -0.3 is 14.6 Å². The molecule has 5 heteroatoms. The number of nitrogens with one attached hydrogen (secondary N) is 1. The fourth-order valence-electron chi connectivity index (χ4n) is 4.78. The molecule has 0 unspecified atom stereocenters. The first-order chi connectivity index (χ1) is 16.2. The number of hydrogen-bond acceptors (Lipinski definition) is 4. The van der Waals surface area contributed by atoms with Gasteiger partial charge in [0.15, 0.2) is 0 Å². The van der Waals surface area contributed by atoms with E-state index in [1.807, 2.05) is 31.2 Å². The SMILES string of the molecule is Cc1oc(-c2ccc(C(=O)NCCC3=CCCCC3)cc2)nc1CN1CCc2ccccc21. The summed E-state index contributed by atoms with van der Waals surface area (Å²) >= 11 is 0. The van der Waals surface area contributed by atoms with Gasteiger partial charge in [-0.15, -0.1) is 0 Å². The fraction of sp³-hybridized carbons (Fsp3) is 0.357. The van der Waals surface area contributed by atoms with Crippen LogP contribution in [0.25, 0.3) is 11.5 Å². The van der Waals surface area contributed by atoms with Crippen LogP contribution in [0.15, 0.2) is 64.6 Å². The van der Waals surface area contributed by atoms with E-state index in [0.717, 1.165) is 42.9 Å². The number of allylic oxidation sites excluding steroid dienone is 1. The molecular weight excluding hydrogens is 410 g/mol. The highest BCUT2D eigenvalue weighted by atomic mass is 16.4. The molecule has 5 rings (SSSR count). The Hall–Kier alpha value is -3.34. The predicted molar refractivity (Wildman–Crippen MR) is 131 cm³/mol. The van der Waals surface area contributed by atoms with Gasteiger partial charge in [-0.1, -0.05) is 29.8 Å². The number of fused-ring (bicyclic) bond motifs is 1. The molecule has 2 aliphatic rings. The molecule has 170 valence electrons. The lowest BCUT2D eigenvalue weighted by molar-refractivity contribution is 0.0954. The van der Waals surface area contributed by atoms with E-state index in [4.69, 9.17) is 9.40 Å². The van der Waals surface area contributed by atoms with Crippen molar-refractivity contribution in [1.82, 2.24) is 10.3 Å². The van der Waals surface area contributed by atoms with Crippen LogP contribution in [-0.4, -0.2) is 24.0 Å². The first kappa shape index (κ1) is 21.5. The molecule has 1 N–H and O–H groups in total. The van der Waals surface area contributed by atoms with Crippen LogP contribution in [0.1, 0.15) is 59.5 Å². The zero-order chi connectivity index (χ0) is 22.6. The topological polar surface area (TPSA) is 58.4 Å². The lowest BCUT2D eigenvalue weighted by Crippen LogP contribution is -2.24. The van der Waals surface area contributed by atoms with Gasteiger partial charge in [0.05, 0.1) is 6.54 Å². The molecule has 0 bridgehead atoms. The van der Waals surface area contributed by atoms with E-state index < -0.39 is 0 Å². The maximum Gasteiger partial charge on any atom is 0.251 e. The van der Waals surface area contributed by atoms with Crippen LogP contribution in [0.3, 0.4) is 0 Å². The minimum absolute atomic E-state index is 0.0325. The molecule has 0 fully saturated rings. The second-order valence-corrected chi connectivity index (χ2v) is 9.01. The zero-order valence-corrected chi connectivity index (χ0v) is 19.3. The molecule has 1 aromatic heterocycles. The molecule has 3 aromatic rings. The molecule has 0 saturated carbocycles. The molecule has 0 saturated heterocycles. The van der Waals surface area contributed by atoms with Crippen LogP contribution in [-0.2, 0) is 13.0 Å². The smallest absolute Gasteiger partial charge is 0.251 e. The Kier molecular flexibility index (Phi) is 6.29. The molecule has 1 amide bonds. The summed E-state index contributed by atoms with van der Waals surface area (Å²) in [5.41, 5.74) is 6.66. The van der Waals surface area contributed by atoms with Crippen LogP contribution in [0.5, 0.6) is 0 Å². The number of aryl methyl sites for hydroxylation is 1. The van der Waals surface area contributed by atoms with E-state index in [2.05, 4.69) is 40.6 Å². The highest BCUT2D eigenvalue weighted by Crippen LogP contribution is 2.30. The van der Waals surface area contributed by atoms with Gasteiger partial charge in [-0.2, -0.15) is 0 Å². The molecule has 33 heavy (non-hydrogen) atoms. The summed E-state index contributed by atoms with van der Waals surface area (Å²) in [7, 11) is 0. The van der Waals surface area contributed by atoms with Gasteiger partial charge in [-0.3, -0.25) is 4.79 Å². The van der Waals surface area contributed by atoms with Gasteiger partial charge >= 0.3 is 0 Å². The summed E-state index contributed by atoms with van der Waals surface area (Å²) in [6.45, 7) is 4.40. The molecule has 0 radical (unpaired) electrons. The molecule has 2 aromatic carbocycles. The van der Waals surface area contributed by atoms with Crippen molar-refractivity contribution in [3.8, 4) is 11.5 Å². The van der Waals surface area contributed by atoms with Crippen molar-refractivity contribution in [2.45, 2.75) is 52.0 Å². The number of carbonyl (C=O) groups excluding carboxylic acids is 1. The van der Waals surface area contributed by atoms with Crippen molar-refractivity contribution >= 4 is 11.6 Å². The van der Waals surface area contributed by atoms with Crippen LogP contribution in [0.2, 0.25) is 0 Å².